The van der Waals surface area contributed by atoms with Crippen LogP contribution in [-0.4, -0.2) is 24.6 Å². The summed E-state index contributed by atoms with van der Waals surface area (Å²) in [4.78, 5) is 4.42. The van der Waals surface area contributed by atoms with Crippen LogP contribution >= 0.6 is 15.9 Å². The van der Waals surface area contributed by atoms with Gasteiger partial charge in [0.1, 0.15) is 22.3 Å². The van der Waals surface area contributed by atoms with Gasteiger partial charge in [-0.2, -0.15) is 4.40 Å². The predicted molar refractivity (Wildman–Crippen MR) is 90.4 cm³/mol. The second kappa shape index (κ2) is 5.23. The van der Waals surface area contributed by atoms with Crippen molar-refractivity contribution >= 4 is 38.8 Å². The summed E-state index contributed by atoms with van der Waals surface area (Å²) in [5.41, 5.74) is 0.754. The molecule has 0 spiro atoms. The van der Waals surface area contributed by atoms with Gasteiger partial charge >= 0.3 is 0 Å². The van der Waals surface area contributed by atoms with E-state index in [4.69, 9.17) is 0 Å². The lowest BCUT2D eigenvalue weighted by Crippen LogP contribution is -2.19. The summed E-state index contributed by atoms with van der Waals surface area (Å²) >= 11 is 3.44. The Balaban J connectivity index is 1.95. The van der Waals surface area contributed by atoms with E-state index in [1.54, 1.807) is 22.9 Å². The number of fused-ring (bicyclic) bond motifs is 1. The lowest BCUT2D eigenvalue weighted by molar-refractivity contribution is 0.316. The summed E-state index contributed by atoms with van der Waals surface area (Å²) in [7, 11) is -1.32. The molecule has 0 bridgehead atoms. The Labute approximate surface area is 139 Å². The SMILES string of the molecule is CC(C)(C)[S@@](=O)N=Cc1cn2cc(C3(F)CC3)cc(Br)c2n1. The lowest BCUT2D eigenvalue weighted by atomic mass is 10.1. The van der Waals surface area contributed by atoms with Crippen LogP contribution in [0.5, 0.6) is 0 Å². The van der Waals surface area contributed by atoms with E-state index in [0.29, 0.717) is 29.7 Å². The van der Waals surface area contributed by atoms with Gasteiger partial charge in [0.05, 0.1) is 15.4 Å². The Hall–Kier alpha value is -1.08. The van der Waals surface area contributed by atoms with Crippen LogP contribution in [0.3, 0.4) is 0 Å². The molecule has 1 aliphatic carbocycles. The molecule has 0 saturated heterocycles. The first kappa shape index (κ1) is 15.8. The Kier molecular flexibility index (Phi) is 3.76. The summed E-state index contributed by atoms with van der Waals surface area (Å²) in [5.74, 6) is 0. The lowest BCUT2D eigenvalue weighted by Gasteiger charge is -2.12. The monoisotopic (exact) mass is 385 g/mol. The fraction of sp³-hybridized carbons (Fsp3) is 0.467. The van der Waals surface area contributed by atoms with Crippen LogP contribution < -0.4 is 0 Å². The second-order valence-corrected chi connectivity index (χ2v) is 9.32. The molecule has 1 fully saturated rings. The van der Waals surface area contributed by atoms with E-state index in [-0.39, 0.29) is 0 Å². The molecule has 0 aliphatic heterocycles. The number of hydrogen-bond acceptors (Lipinski definition) is 2. The highest BCUT2D eigenvalue weighted by molar-refractivity contribution is 9.10. The van der Waals surface area contributed by atoms with Crippen LogP contribution in [-0.2, 0) is 16.7 Å². The van der Waals surface area contributed by atoms with E-state index in [0.717, 1.165) is 4.47 Å². The van der Waals surface area contributed by atoms with Gasteiger partial charge in [-0.25, -0.2) is 13.6 Å². The molecule has 1 atom stereocenters. The van der Waals surface area contributed by atoms with Gasteiger partial charge in [-0.1, -0.05) is 0 Å². The molecule has 4 nitrogen and oxygen atoms in total. The largest absolute Gasteiger partial charge is 0.305 e. The summed E-state index contributed by atoms with van der Waals surface area (Å²) in [5, 5.41) is 0. The Morgan fingerprint density at radius 3 is 2.73 bits per heavy atom. The molecule has 2 aromatic rings. The first-order valence-corrected chi connectivity index (χ1v) is 8.93. The van der Waals surface area contributed by atoms with Crippen molar-refractivity contribution in [1.82, 2.24) is 9.38 Å². The second-order valence-electron chi connectivity index (χ2n) is 6.53. The Morgan fingerprint density at radius 2 is 2.14 bits per heavy atom. The van der Waals surface area contributed by atoms with E-state index < -0.39 is 21.4 Å². The molecule has 2 aromatic heterocycles. The van der Waals surface area contributed by atoms with Crippen molar-refractivity contribution in [2.75, 3.05) is 0 Å². The summed E-state index contributed by atoms with van der Waals surface area (Å²) in [6.07, 6.45) is 6.16. The van der Waals surface area contributed by atoms with E-state index in [1.165, 1.54) is 6.21 Å². The zero-order valence-corrected chi connectivity index (χ0v) is 15.0. The summed E-state index contributed by atoms with van der Waals surface area (Å²) in [6.45, 7) is 5.59. The molecular weight excluding hydrogens is 369 g/mol. The van der Waals surface area contributed by atoms with Gasteiger partial charge < -0.3 is 4.40 Å². The van der Waals surface area contributed by atoms with Crippen LogP contribution in [0.15, 0.2) is 27.3 Å². The van der Waals surface area contributed by atoms with Crippen molar-refractivity contribution in [1.29, 1.82) is 0 Å². The highest BCUT2D eigenvalue weighted by Crippen LogP contribution is 2.50. The molecule has 0 aromatic carbocycles. The highest BCUT2D eigenvalue weighted by atomic mass is 79.9. The molecule has 3 rings (SSSR count). The maximum atomic E-state index is 14.2. The zero-order valence-electron chi connectivity index (χ0n) is 12.6. The maximum Gasteiger partial charge on any atom is 0.151 e. The van der Waals surface area contributed by atoms with E-state index in [2.05, 4.69) is 25.3 Å². The number of halogens is 2. The van der Waals surface area contributed by atoms with Crippen molar-refractivity contribution in [3.63, 3.8) is 0 Å². The van der Waals surface area contributed by atoms with Gasteiger partial charge in [0, 0.05) is 18.0 Å². The summed E-state index contributed by atoms with van der Waals surface area (Å²) < 4.78 is 32.3. The van der Waals surface area contributed by atoms with E-state index >= 15 is 0 Å². The molecular formula is C15H17BrFN3OS. The number of imidazole rings is 1. The third-order valence-corrected chi connectivity index (χ3v) is 5.46. The number of aromatic nitrogens is 2. The Bertz CT molecular complexity index is 790. The number of pyridine rings is 1. The minimum atomic E-state index is -1.32. The molecule has 0 radical (unpaired) electrons. The van der Waals surface area contributed by atoms with Gasteiger partial charge in [-0.3, -0.25) is 0 Å². The average Bonchev–Trinajstić information content (AvgIpc) is 3.03. The van der Waals surface area contributed by atoms with Crippen molar-refractivity contribution in [3.8, 4) is 0 Å². The topological polar surface area (TPSA) is 46.7 Å². The summed E-state index contributed by atoms with van der Waals surface area (Å²) in [6, 6.07) is 1.78. The minimum Gasteiger partial charge on any atom is -0.305 e. The van der Waals surface area contributed by atoms with Crippen LogP contribution in [0.1, 0.15) is 44.9 Å². The van der Waals surface area contributed by atoms with Crippen molar-refractivity contribution in [2.24, 2.45) is 4.40 Å². The van der Waals surface area contributed by atoms with Gasteiger partial charge in [-0.15, -0.1) is 0 Å². The first-order valence-electron chi connectivity index (χ1n) is 7.03. The molecule has 0 N–H and O–H groups in total. The smallest absolute Gasteiger partial charge is 0.151 e. The van der Waals surface area contributed by atoms with Crippen molar-refractivity contribution in [3.05, 3.63) is 34.2 Å². The molecule has 7 heteroatoms. The molecule has 2 heterocycles. The predicted octanol–water partition coefficient (Wildman–Crippen LogP) is 3.94. The van der Waals surface area contributed by atoms with Gasteiger partial charge in [-0.05, 0) is 55.6 Å². The fourth-order valence-corrected chi connectivity index (χ4v) is 3.10. The van der Waals surface area contributed by atoms with Gasteiger partial charge in [0.2, 0.25) is 0 Å². The molecule has 1 aliphatic rings. The van der Waals surface area contributed by atoms with Gasteiger partial charge in [0.15, 0.2) is 5.65 Å². The number of nitrogens with zero attached hydrogens (tertiary/aromatic N) is 3. The number of rotatable bonds is 3. The normalized spacial score (nSPS) is 19.0. The average molecular weight is 386 g/mol. The quantitative estimate of drug-likeness (QED) is 0.751. The Morgan fingerprint density at radius 1 is 1.45 bits per heavy atom. The van der Waals surface area contributed by atoms with Crippen LogP contribution in [0.25, 0.3) is 5.65 Å². The van der Waals surface area contributed by atoms with Crippen LogP contribution in [0.4, 0.5) is 4.39 Å². The first-order chi connectivity index (χ1) is 10.2. The highest BCUT2D eigenvalue weighted by Gasteiger charge is 2.45. The standard InChI is InChI=1S/C15H17BrFN3OS/c1-14(2,3)22(21)18-7-11-9-20-8-10(15(17)4-5-15)6-12(16)13(20)19-11/h6-9H,4-5H2,1-3H3/t22-/m1/s1. The fourth-order valence-electron chi connectivity index (χ4n) is 2.04. The van der Waals surface area contributed by atoms with Crippen LogP contribution in [0.2, 0.25) is 0 Å². The third-order valence-electron chi connectivity index (χ3n) is 3.54. The molecule has 0 amide bonds. The molecule has 1 saturated carbocycles. The van der Waals surface area contributed by atoms with Gasteiger partial charge in [0.25, 0.3) is 0 Å². The van der Waals surface area contributed by atoms with Crippen molar-refractivity contribution in [2.45, 2.75) is 44.0 Å². The van der Waals surface area contributed by atoms with Crippen molar-refractivity contribution < 1.29 is 8.60 Å². The maximum absolute atomic E-state index is 14.2. The van der Waals surface area contributed by atoms with Crippen LogP contribution in [0, 0.1) is 0 Å². The van der Waals surface area contributed by atoms with E-state index in [9.17, 15) is 8.60 Å². The molecule has 118 valence electrons. The molecule has 0 unspecified atom stereocenters. The number of hydrogen-bond donors (Lipinski definition) is 0. The zero-order chi connectivity index (χ0) is 16.1. The number of alkyl halides is 1. The van der Waals surface area contributed by atoms with E-state index in [1.807, 2.05) is 20.8 Å². The third kappa shape index (κ3) is 3.01. The minimum absolute atomic E-state index is 0.407. The molecule has 22 heavy (non-hydrogen) atoms.